The molecular weight excluding hydrogens is 494 g/mol. The molecule has 0 unspecified atom stereocenters. The summed E-state index contributed by atoms with van der Waals surface area (Å²) in [6, 6.07) is 18.7. The van der Waals surface area contributed by atoms with Crippen molar-refractivity contribution in [1.82, 2.24) is 9.88 Å². The van der Waals surface area contributed by atoms with Gasteiger partial charge >= 0.3 is 5.97 Å². The maximum atomic E-state index is 11.7. The Balaban J connectivity index is 1.46. The molecule has 0 radical (unpaired) electrons. The Bertz CT molecular complexity index is 1490. The summed E-state index contributed by atoms with van der Waals surface area (Å²) in [5, 5.41) is 13.4. The number of fused-ring (bicyclic) bond motifs is 1. The summed E-state index contributed by atoms with van der Waals surface area (Å²) < 4.78 is 12.3. The summed E-state index contributed by atoms with van der Waals surface area (Å²) in [5.74, 6) is 0.389. The number of aryl methyl sites for hydroxylation is 1. The summed E-state index contributed by atoms with van der Waals surface area (Å²) in [4.78, 5) is 28.9. The Labute approximate surface area is 227 Å². The van der Waals surface area contributed by atoms with Crippen molar-refractivity contribution in [2.75, 3.05) is 19.0 Å². The number of rotatable bonds is 8. The van der Waals surface area contributed by atoms with Gasteiger partial charge < -0.3 is 24.9 Å². The number of carbonyl (C=O) groups excluding carboxylic acids is 1. The number of aromatic nitrogens is 1. The average Bonchev–Trinajstić information content (AvgIpc) is 3.42. The summed E-state index contributed by atoms with van der Waals surface area (Å²) in [6.45, 7) is 4.98. The summed E-state index contributed by atoms with van der Waals surface area (Å²) in [7, 11) is 1.70. The van der Waals surface area contributed by atoms with E-state index in [9.17, 15) is 14.7 Å². The molecule has 1 aromatic heterocycles. The monoisotopic (exact) mass is 527 g/mol. The van der Waals surface area contributed by atoms with E-state index in [1.165, 1.54) is 6.92 Å². The number of likely N-dealkylation sites (tertiary alicyclic amines) is 1. The number of piperidine rings is 1. The molecule has 8 heteroatoms. The molecule has 1 saturated heterocycles. The fraction of sp³-hybridized carbons (Fsp3) is 0.290. The summed E-state index contributed by atoms with van der Waals surface area (Å²) >= 11 is 0. The van der Waals surface area contributed by atoms with E-state index in [1.54, 1.807) is 19.2 Å². The van der Waals surface area contributed by atoms with Gasteiger partial charge in [-0.1, -0.05) is 24.3 Å². The lowest BCUT2D eigenvalue weighted by Crippen LogP contribution is -2.40. The van der Waals surface area contributed by atoms with Crippen LogP contribution in [-0.4, -0.2) is 46.6 Å². The van der Waals surface area contributed by atoms with Gasteiger partial charge in [0.1, 0.15) is 17.6 Å². The van der Waals surface area contributed by atoms with Crippen molar-refractivity contribution in [2.24, 2.45) is 0 Å². The fourth-order valence-corrected chi connectivity index (χ4v) is 5.50. The van der Waals surface area contributed by atoms with Gasteiger partial charge in [0, 0.05) is 55.1 Å². The topological polar surface area (TPSA) is 104 Å². The Morgan fingerprint density at radius 2 is 1.87 bits per heavy atom. The molecule has 3 N–H and O–H groups in total. The van der Waals surface area contributed by atoms with Crippen molar-refractivity contribution in [1.29, 1.82) is 0 Å². The Morgan fingerprint density at radius 3 is 2.59 bits per heavy atom. The molecule has 1 aliphatic rings. The normalized spacial score (nSPS) is 17.6. The predicted molar refractivity (Wildman–Crippen MR) is 151 cm³/mol. The third-order valence-corrected chi connectivity index (χ3v) is 7.39. The lowest BCUT2D eigenvalue weighted by Gasteiger charge is -2.40. The second-order valence-corrected chi connectivity index (χ2v) is 10.00. The van der Waals surface area contributed by atoms with Crippen molar-refractivity contribution >= 4 is 28.5 Å². The van der Waals surface area contributed by atoms with Crippen molar-refractivity contribution in [2.45, 2.75) is 45.4 Å². The number of para-hydroxylation sites is 2. The van der Waals surface area contributed by atoms with Crippen molar-refractivity contribution in [3.63, 3.8) is 0 Å². The molecule has 1 amide bonds. The molecule has 4 aromatic rings. The van der Waals surface area contributed by atoms with Crippen LogP contribution in [0.4, 0.5) is 5.69 Å². The minimum Gasteiger partial charge on any atom is -0.496 e. The Hall–Kier alpha value is -4.30. The molecule has 39 heavy (non-hydrogen) atoms. The van der Waals surface area contributed by atoms with Crippen molar-refractivity contribution < 1.29 is 24.2 Å². The van der Waals surface area contributed by atoms with Gasteiger partial charge in [-0.15, -0.1) is 0 Å². The number of H-pyrrole nitrogens is 1. The molecular formula is C31H33N3O5. The van der Waals surface area contributed by atoms with E-state index in [4.69, 9.17) is 9.47 Å². The van der Waals surface area contributed by atoms with E-state index < -0.39 is 5.97 Å². The zero-order chi connectivity index (χ0) is 27.5. The number of nitrogens with zero attached hydrogens (tertiary/aromatic N) is 1. The first kappa shape index (κ1) is 26.3. The number of aromatic carboxylic acids is 1. The lowest BCUT2D eigenvalue weighted by atomic mass is 9.91. The van der Waals surface area contributed by atoms with Crippen molar-refractivity contribution in [3.05, 3.63) is 89.1 Å². The van der Waals surface area contributed by atoms with E-state index in [0.717, 1.165) is 46.3 Å². The van der Waals surface area contributed by atoms with Crippen LogP contribution in [0.15, 0.2) is 66.9 Å². The quantitative estimate of drug-likeness (QED) is 0.263. The zero-order valence-electron chi connectivity index (χ0n) is 22.4. The van der Waals surface area contributed by atoms with Crippen LogP contribution in [0.5, 0.6) is 11.5 Å². The van der Waals surface area contributed by atoms with Gasteiger partial charge in [0.25, 0.3) is 0 Å². The first-order valence-corrected chi connectivity index (χ1v) is 13.1. The highest BCUT2D eigenvalue weighted by Crippen LogP contribution is 2.39. The van der Waals surface area contributed by atoms with Gasteiger partial charge in [-0.2, -0.15) is 0 Å². The highest BCUT2D eigenvalue weighted by Gasteiger charge is 2.32. The number of ether oxygens (including phenoxy) is 2. The van der Waals surface area contributed by atoms with Gasteiger partial charge in [-0.3, -0.25) is 9.69 Å². The summed E-state index contributed by atoms with van der Waals surface area (Å²) in [5.41, 5.74) is 5.27. The number of hydrogen-bond donors (Lipinski definition) is 3. The molecule has 1 aliphatic heterocycles. The van der Waals surface area contributed by atoms with E-state index in [0.29, 0.717) is 24.4 Å². The molecule has 5 rings (SSSR count). The third-order valence-electron chi connectivity index (χ3n) is 7.39. The van der Waals surface area contributed by atoms with Crippen LogP contribution in [-0.2, 0) is 11.3 Å². The second-order valence-electron chi connectivity index (χ2n) is 10.00. The van der Waals surface area contributed by atoms with E-state index >= 15 is 0 Å². The number of aromatic amines is 1. The maximum Gasteiger partial charge on any atom is 0.335 e. The maximum absolute atomic E-state index is 11.7. The zero-order valence-corrected chi connectivity index (χ0v) is 22.4. The molecule has 202 valence electrons. The van der Waals surface area contributed by atoms with Crippen LogP contribution < -0.4 is 14.8 Å². The number of carboxylic acids is 1. The number of carbonyl (C=O) groups is 2. The number of hydrogen-bond acceptors (Lipinski definition) is 5. The molecule has 0 spiro atoms. The summed E-state index contributed by atoms with van der Waals surface area (Å²) in [6.07, 6.45) is 3.36. The number of amides is 1. The SMILES string of the molecule is COc1cc(C)c2[nH]ccc2c1CN1CC[C@H](Oc2ccccc2NC(C)=O)C[C@H]1c1ccc(C(=O)O)cc1. The first-order valence-electron chi connectivity index (χ1n) is 13.1. The second kappa shape index (κ2) is 11.2. The number of carboxylic acid groups (broad SMARTS) is 1. The minimum atomic E-state index is -0.947. The van der Waals surface area contributed by atoms with Gasteiger partial charge in [0.05, 0.1) is 18.4 Å². The highest BCUT2D eigenvalue weighted by molar-refractivity contribution is 5.90. The van der Waals surface area contributed by atoms with Crippen LogP contribution >= 0.6 is 0 Å². The molecule has 3 aromatic carbocycles. The predicted octanol–water partition coefficient (Wildman–Crippen LogP) is 5.93. The van der Waals surface area contributed by atoms with E-state index in [2.05, 4.69) is 34.3 Å². The Morgan fingerprint density at radius 1 is 1.10 bits per heavy atom. The smallest absolute Gasteiger partial charge is 0.335 e. The number of anilines is 1. The largest absolute Gasteiger partial charge is 0.496 e. The van der Waals surface area contributed by atoms with E-state index in [1.807, 2.05) is 42.6 Å². The van der Waals surface area contributed by atoms with Gasteiger partial charge in [-0.05, 0) is 60.9 Å². The molecule has 2 heterocycles. The first-order chi connectivity index (χ1) is 18.8. The van der Waals surface area contributed by atoms with Gasteiger partial charge in [0.2, 0.25) is 5.91 Å². The van der Waals surface area contributed by atoms with Gasteiger partial charge in [0.15, 0.2) is 0 Å². The van der Waals surface area contributed by atoms with Crippen LogP contribution in [0.25, 0.3) is 10.9 Å². The molecule has 0 bridgehead atoms. The van der Waals surface area contributed by atoms with E-state index in [-0.39, 0.29) is 23.6 Å². The average molecular weight is 528 g/mol. The highest BCUT2D eigenvalue weighted by atomic mass is 16.5. The molecule has 0 saturated carbocycles. The van der Waals surface area contributed by atoms with Crippen LogP contribution in [0.2, 0.25) is 0 Å². The lowest BCUT2D eigenvalue weighted by molar-refractivity contribution is -0.114. The number of nitrogens with one attached hydrogen (secondary N) is 2. The Kier molecular flexibility index (Phi) is 7.56. The molecule has 1 fully saturated rings. The standard InChI is InChI=1S/C31H33N3O5/c1-19-16-29(38-3)25(24-12-14-32-30(19)24)18-34-15-13-23(39-28-7-5-4-6-26(28)33-20(2)35)17-27(34)21-8-10-22(11-9-21)31(36)37/h4-12,14,16,23,27,32H,13,15,17-18H2,1-3H3,(H,33,35)(H,36,37)/t23-,27-/m0/s1. The van der Waals surface area contributed by atoms with Crippen LogP contribution in [0, 0.1) is 6.92 Å². The van der Waals surface area contributed by atoms with Crippen LogP contribution in [0.1, 0.15) is 52.9 Å². The van der Waals surface area contributed by atoms with Gasteiger partial charge in [-0.25, -0.2) is 4.79 Å². The number of methoxy groups -OCH3 is 1. The number of benzene rings is 3. The third kappa shape index (κ3) is 5.61. The van der Waals surface area contributed by atoms with Crippen LogP contribution in [0.3, 0.4) is 0 Å². The fourth-order valence-electron chi connectivity index (χ4n) is 5.50. The molecule has 8 nitrogen and oxygen atoms in total. The molecule has 0 aliphatic carbocycles. The minimum absolute atomic E-state index is 0.0143. The van der Waals surface area contributed by atoms with Crippen molar-refractivity contribution in [3.8, 4) is 11.5 Å². The molecule has 2 atom stereocenters.